The van der Waals surface area contributed by atoms with Gasteiger partial charge in [-0.1, -0.05) is 12.1 Å². The van der Waals surface area contributed by atoms with Gasteiger partial charge in [-0.25, -0.2) is 0 Å². The van der Waals surface area contributed by atoms with Crippen LogP contribution >= 0.6 is 15.9 Å². The number of hydrogen-bond donors (Lipinski definition) is 1. The molecule has 0 saturated heterocycles. The Kier molecular flexibility index (Phi) is 4.58. The van der Waals surface area contributed by atoms with Crippen molar-refractivity contribution < 1.29 is 14.6 Å². The third kappa shape index (κ3) is 3.48. The maximum absolute atomic E-state index is 11.9. The van der Waals surface area contributed by atoms with E-state index in [2.05, 4.69) is 15.9 Å². The van der Waals surface area contributed by atoms with Gasteiger partial charge in [-0.15, -0.1) is 0 Å². The van der Waals surface area contributed by atoms with Gasteiger partial charge in [-0.3, -0.25) is 4.79 Å². The second kappa shape index (κ2) is 6.39. The summed E-state index contributed by atoms with van der Waals surface area (Å²) in [4.78, 5) is 11.9. The monoisotopic (exact) mass is 332 g/mol. The molecule has 0 unspecified atom stereocenters. The number of ketones is 1. The number of hydrogen-bond acceptors (Lipinski definition) is 3. The van der Waals surface area contributed by atoms with Crippen LogP contribution in [0.15, 0.2) is 53.0 Å². The van der Waals surface area contributed by atoms with Crippen LogP contribution in [0, 0.1) is 0 Å². The fourth-order valence-corrected chi connectivity index (χ4v) is 2.24. The molecule has 0 radical (unpaired) electrons. The van der Waals surface area contributed by atoms with Gasteiger partial charge in [0, 0.05) is 5.56 Å². The van der Waals surface area contributed by atoms with Crippen LogP contribution in [0.25, 0.3) is 6.08 Å². The Morgan fingerprint density at radius 2 is 1.90 bits per heavy atom. The number of carbonyl (C=O) groups excluding carboxylic acids is 1. The Balaban J connectivity index is 2.14. The quantitative estimate of drug-likeness (QED) is 0.678. The van der Waals surface area contributed by atoms with E-state index in [9.17, 15) is 9.90 Å². The van der Waals surface area contributed by atoms with Gasteiger partial charge >= 0.3 is 0 Å². The molecule has 2 rings (SSSR count). The van der Waals surface area contributed by atoms with Gasteiger partial charge < -0.3 is 9.84 Å². The standard InChI is InChI=1S/C16H13BrO3/c1-20-16-9-3-11(10-14(16)17)2-8-15(19)12-4-6-13(18)7-5-12/h2-10,18H,1H3/b8-2+. The molecule has 2 aromatic carbocycles. The smallest absolute Gasteiger partial charge is 0.185 e. The number of rotatable bonds is 4. The van der Waals surface area contributed by atoms with Crippen molar-refractivity contribution in [2.24, 2.45) is 0 Å². The van der Waals surface area contributed by atoms with Gasteiger partial charge in [0.05, 0.1) is 11.6 Å². The normalized spacial score (nSPS) is 10.7. The Hall–Kier alpha value is -2.07. The molecule has 0 amide bonds. The molecule has 0 heterocycles. The Morgan fingerprint density at radius 3 is 2.50 bits per heavy atom. The number of ether oxygens (including phenoxy) is 1. The molecular weight excluding hydrogens is 320 g/mol. The van der Waals surface area contributed by atoms with Crippen molar-refractivity contribution in [1.29, 1.82) is 0 Å². The number of halogens is 1. The SMILES string of the molecule is COc1ccc(/C=C/C(=O)c2ccc(O)cc2)cc1Br. The molecule has 0 atom stereocenters. The molecule has 0 aromatic heterocycles. The summed E-state index contributed by atoms with van der Waals surface area (Å²) in [7, 11) is 1.60. The highest BCUT2D eigenvalue weighted by molar-refractivity contribution is 9.10. The van der Waals surface area contributed by atoms with Crippen molar-refractivity contribution in [3.63, 3.8) is 0 Å². The highest BCUT2D eigenvalue weighted by atomic mass is 79.9. The van der Waals surface area contributed by atoms with E-state index < -0.39 is 0 Å². The van der Waals surface area contributed by atoms with Crippen LogP contribution in [-0.2, 0) is 0 Å². The molecule has 0 aliphatic heterocycles. The van der Waals surface area contributed by atoms with Crippen molar-refractivity contribution in [3.05, 3.63) is 64.1 Å². The van der Waals surface area contributed by atoms with Crippen LogP contribution < -0.4 is 4.74 Å². The lowest BCUT2D eigenvalue weighted by molar-refractivity contribution is 0.104. The number of phenols is 1. The zero-order valence-electron chi connectivity index (χ0n) is 10.8. The lowest BCUT2D eigenvalue weighted by Crippen LogP contribution is -1.93. The van der Waals surface area contributed by atoms with E-state index in [-0.39, 0.29) is 11.5 Å². The summed E-state index contributed by atoms with van der Waals surface area (Å²) in [6.45, 7) is 0. The number of methoxy groups -OCH3 is 1. The summed E-state index contributed by atoms with van der Waals surface area (Å²) < 4.78 is 5.98. The van der Waals surface area contributed by atoms with E-state index in [1.54, 1.807) is 25.3 Å². The summed E-state index contributed by atoms with van der Waals surface area (Å²) in [5.74, 6) is 0.772. The largest absolute Gasteiger partial charge is 0.508 e. The summed E-state index contributed by atoms with van der Waals surface area (Å²) in [6, 6.07) is 11.7. The average molecular weight is 333 g/mol. The minimum absolute atomic E-state index is 0.114. The third-order valence-electron chi connectivity index (χ3n) is 2.75. The van der Waals surface area contributed by atoms with Crippen molar-refractivity contribution in [1.82, 2.24) is 0 Å². The molecular formula is C16H13BrO3. The molecule has 0 fully saturated rings. The van der Waals surface area contributed by atoms with Gasteiger partial charge in [0.1, 0.15) is 11.5 Å². The number of phenolic OH excluding ortho intramolecular Hbond substituents is 1. The van der Waals surface area contributed by atoms with Gasteiger partial charge in [0.2, 0.25) is 0 Å². The van der Waals surface area contributed by atoms with Crippen molar-refractivity contribution in [2.75, 3.05) is 7.11 Å². The van der Waals surface area contributed by atoms with E-state index >= 15 is 0 Å². The first-order valence-corrected chi connectivity index (χ1v) is 6.74. The van der Waals surface area contributed by atoms with E-state index in [1.165, 1.54) is 18.2 Å². The Labute approximate surface area is 125 Å². The van der Waals surface area contributed by atoms with Gasteiger partial charge in [-0.2, -0.15) is 0 Å². The first kappa shape index (κ1) is 14.3. The van der Waals surface area contributed by atoms with Crippen molar-refractivity contribution >= 4 is 27.8 Å². The topological polar surface area (TPSA) is 46.5 Å². The second-order valence-electron chi connectivity index (χ2n) is 4.14. The lowest BCUT2D eigenvalue weighted by Gasteiger charge is -2.03. The fourth-order valence-electron chi connectivity index (χ4n) is 1.68. The number of allylic oxidation sites excluding steroid dienone is 1. The van der Waals surface area contributed by atoms with E-state index in [1.807, 2.05) is 18.2 Å². The summed E-state index contributed by atoms with van der Waals surface area (Å²) in [5.41, 5.74) is 1.43. The summed E-state index contributed by atoms with van der Waals surface area (Å²) in [6.07, 6.45) is 3.24. The van der Waals surface area contributed by atoms with Gasteiger partial charge in [0.25, 0.3) is 0 Å². The number of benzene rings is 2. The Morgan fingerprint density at radius 1 is 1.20 bits per heavy atom. The molecule has 20 heavy (non-hydrogen) atoms. The molecule has 0 saturated carbocycles. The average Bonchev–Trinajstić information content (AvgIpc) is 2.45. The van der Waals surface area contributed by atoms with Crippen LogP contribution in [0.1, 0.15) is 15.9 Å². The predicted molar refractivity (Wildman–Crippen MR) is 82.2 cm³/mol. The van der Waals surface area contributed by atoms with E-state index in [0.717, 1.165) is 15.8 Å². The van der Waals surface area contributed by atoms with Crippen LogP contribution in [0.3, 0.4) is 0 Å². The van der Waals surface area contributed by atoms with Gasteiger partial charge in [-0.05, 0) is 64.0 Å². The lowest BCUT2D eigenvalue weighted by atomic mass is 10.1. The van der Waals surface area contributed by atoms with Gasteiger partial charge in [0.15, 0.2) is 5.78 Å². The van der Waals surface area contributed by atoms with Crippen LogP contribution in [0.2, 0.25) is 0 Å². The molecule has 0 aliphatic rings. The molecule has 3 nitrogen and oxygen atoms in total. The Bertz CT molecular complexity index is 645. The molecule has 0 bridgehead atoms. The number of aromatic hydroxyl groups is 1. The summed E-state index contributed by atoms with van der Waals surface area (Å²) >= 11 is 3.40. The van der Waals surface area contributed by atoms with Crippen LogP contribution in [0.5, 0.6) is 11.5 Å². The predicted octanol–water partition coefficient (Wildman–Crippen LogP) is 4.06. The second-order valence-corrected chi connectivity index (χ2v) is 4.99. The maximum Gasteiger partial charge on any atom is 0.185 e. The van der Waals surface area contributed by atoms with Crippen LogP contribution in [-0.4, -0.2) is 18.0 Å². The third-order valence-corrected chi connectivity index (χ3v) is 3.37. The molecule has 2 aromatic rings. The molecule has 102 valence electrons. The molecule has 0 aliphatic carbocycles. The molecule has 1 N–H and O–H groups in total. The van der Waals surface area contributed by atoms with E-state index in [0.29, 0.717) is 5.56 Å². The first-order chi connectivity index (χ1) is 9.60. The maximum atomic E-state index is 11.9. The zero-order chi connectivity index (χ0) is 14.5. The fraction of sp³-hybridized carbons (Fsp3) is 0.0625. The minimum Gasteiger partial charge on any atom is -0.508 e. The highest BCUT2D eigenvalue weighted by Gasteiger charge is 2.02. The first-order valence-electron chi connectivity index (χ1n) is 5.95. The molecule has 0 spiro atoms. The number of carbonyl (C=O) groups is 1. The zero-order valence-corrected chi connectivity index (χ0v) is 12.4. The highest BCUT2D eigenvalue weighted by Crippen LogP contribution is 2.26. The summed E-state index contributed by atoms with van der Waals surface area (Å²) in [5, 5.41) is 9.18. The minimum atomic E-state index is -0.114. The van der Waals surface area contributed by atoms with Crippen molar-refractivity contribution in [3.8, 4) is 11.5 Å². The van der Waals surface area contributed by atoms with Crippen molar-refractivity contribution in [2.45, 2.75) is 0 Å². The van der Waals surface area contributed by atoms with E-state index in [4.69, 9.17) is 4.74 Å². The van der Waals surface area contributed by atoms with Crippen LogP contribution in [0.4, 0.5) is 0 Å². The molecule has 4 heteroatoms.